The quantitative estimate of drug-likeness (QED) is 0.789. The van der Waals surface area contributed by atoms with Gasteiger partial charge in [-0.25, -0.2) is 14.4 Å². The molecule has 1 N–H and O–H groups in total. The summed E-state index contributed by atoms with van der Waals surface area (Å²) in [6, 6.07) is 4.90. The number of rotatable bonds is 5. The fourth-order valence-electron chi connectivity index (χ4n) is 2.06. The molecule has 2 rings (SSSR count). The van der Waals surface area contributed by atoms with Gasteiger partial charge in [0, 0.05) is 16.2 Å². The lowest BCUT2D eigenvalue weighted by Crippen LogP contribution is -2.25. The minimum Gasteiger partial charge on any atom is -0.305 e. The van der Waals surface area contributed by atoms with Gasteiger partial charge in [-0.1, -0.05) is 24.6 Å². The average Bonchev–Trinajstić information content (AvgIpc) is 2.47. The Hall–Kier alpha value is -1.04. The van der Waals surface area contributed by atoms with Crippen molar-refractivity contribution in [3.05, 3.63) is 56.8 Å². The topological polar surface area (TPSA) is 37.8 Å². The van der Waals surface area contributed by atoms with Crippen molar-refractivity contribution in [3.63, 3.8) is 0 Å². The molecule has 1 aromatic carbocycles. The van der Waals surface area contributed by atoms with Crippen molar-refractivity contribution < 1.29 is 4.39 Å². The van der Waals surface area contributed by atoms with Gasteiger partial charge >= 0.3 is 0 Å². The van der Waals surface area contributed by atoms with Crippen LogP contribution >= 0.6 is 27.5 Å². The van der Waals surface area contributed by atoms with Crippen LogP contribution in [0.15, 0.2) is 28.9 Å². The molecule has 0 aliphatic heterocycles. The van der Waals surface area contributed by atoms with Gasteiger partial charge < -0.3 is 5.32 Å². The Balaban J connectivity index is 2.48. The number of halogens is 3. The Kier molecular flexibility index (Phi) is 5.67. The molecule has 1 aromatic heterocycles. The van der Waals surface area contributed by atoms with Gasteiger partial charge in [-0.15, -0.1) is 0 Å². The number of aryl methyl sites for hydroxylation is 1. The molecule has 0 aliphatic rings. The van der Waals surface area contributed by atoms with E-state index in [9.17, 15) is 4.39 Å². The second-order valence-electron chi connectivity index (χ2n) is 4.68. The second-order valence-corrected chi connectivity index (χ2v) is 5.91. The first-order valence-electron chi connectivity index (χ1n) is 6.71. The predicted molar refractivity (Wildman–Crippen MR) is 86.0 cm³/mol. The van der Waals surface area contributed by atoms with E-state index in [1.807, 2.05) is 6.92 Å². The Labute approximate surface area is 137 Å². The van der Waals surface area contributed by atoms with Gasteiger partial charge in [-0.05, 0) is 48.0 Å². The molecular weight excluding hydrogens is 357 g/mol. The van der Waals surface area contributed by atoms with Crippen LogP contribution in [-0.4, -0.2) is 16.5 Å². The molecule has 0 bridgehead atoms. The molecule has 3 nitrogen and oxygen atoms in total. The minimum absolute atomic E-state index is 0.0848. The number of nitrogens with zero attached hydrogens (tertiary/aromatic N) is 2. The number of hydrogen-bond donors (Lipinski definition) is 1. The molecule has 0 amide bonds. The highest BCUT2D eigenvalue weighted by Gasteiger charge is 2.21. The first kappa shape index (κ1) is 16.3. The van der Waals surface area contributed by atoms with Gasteiger partial charge in [0.1, 0.15) is 11.6 Å². The Morgan fingerprint density at radius 3 is 2.81 bits per heavy atom. The van der Waals surface area contributed by atoms with Crippen LogP contribution in [0.3, 0.4) is 0 Å². The maximum atomic E-state index is 14.5. The molecule has 0 radical (unpaired) electrons. The van der Waals surface area contributed by atoms with Crippen molar-refractivity contribution in [1.82, 2.24) is 15.3 Å². The highest BCUT2D eigenvalue weighted by molar-refractivity contribution is 9.10. The Morgan fingerprint density at radius 1 is 1.38 bits per heavy atom. The van der Waals surface area contributed by atoms with Crippen LogP contribution in [0.1, 0.15) is 36.5 Å². The van der Waals surface area contributed by atoms with Gasteiger partial charge in [-0.2, -0.15) is 0 Å². The van der Waals surface area contributed by atoms with Crippen molar-refractivity contribution in [1.29, 1.82) is 0 Å². The van der Waals surface area contributed by atoms with Crippen LogP contribution in [0, 0.1) is 12.7 Å². The number of benzene rings is 1. The molecule has 2 aromatic rings. The standard InChI is InChI=1S/C15H16BrClFN3/c1-3-7-20-15(12-6-8-19-9(2)21-12)10-4-5-11(16)13(17)14(10)18/h4-6,8,15,20H,3,7H2,1-2H3. The van der Waals surface area contributed by atoms with Crippen molar-refractivity contribution in [2.24, 2.45) is 0 Å². The van der Waals surface area contributed by atoms with Gasteiger partial charge in [-0.3, -0.25) is 0 Å². The minimum atomic E-state index is -0.434. The Morgan fingerprint density at radius 2 is 2.14 bits per heavy atom. The zero-order valence-electron chi connectivity index (χ0n) is 11.8. The summed E-state index contributed by atoms with van der Waals surface area (Å²) >= 11 is 9.23. The molecule has 0 spiro atoms. The first-order valence-corrected chi connectivity index (χ1v) is 7.88. The van der Waals surface area contributed by atoms with Crippen LogP contribution < -0.4 is 5.32 Å². The third-order valence-corrected chi connectivity index (χ3v) is 4.33. The molecule has 6 heteroatoms. The van der Waals surface area contributed by atoms with Gasteiger partial charge in [0.15, 0.2) is 0 Å². The third-order valence-electron chi connectivity index (χ3n) is 3.07. The van der Waals surface area contributed by atoms with Crippen molar-refractivity contribution in [3.8, 4) is 0 Å². The van der Waals surface area contributed by atoms with Crippen LogP contribution in [0.5, 0.6) is 0 Å². The second kappa shape index (κ2) is 7.29. The highest BCUT2D eigenvalue weighted by atomic mass is 79.9. The summed E-state index contributed by atoms with van der Waals surface area (Å²) < 4.78 is 15.0. The number of nitrogens with one attached hydrogen (secondary N) is 1. The highest BCUT2D eigenvalue weighted by Crippen LogP contribution is 2.32. The molecular formula is C15H16BrClFN3. The van der Waals surface area contributed by atoms with E-state index in [0.29, 0.717) is 15.9 Å². The summed E-state index contributed by atoms with van der Waals surface area (Å²) in [5.41, 5.74) is 1.21. The van der Waals surface area contributed by atoms with Crippen LogP contribution in [0.4, 0.5) is 4.39 Å². The summed E-state index contributed by atoms with van der Waals surface area (Å²) in [5.74, 6) is 0.218. The SMILES string of the molecule is CCCNC(c1ccnc(C)n1)c1ccc(Br)c(Cl)c1F. The van der Waals surface area contributed by atoms with E-state index in [1.54, 1.807) is 24.4 Å². The lowest BCUT2D eigenvalue weighted by atomic mass is 10.0. The van der Waals surface area contributed by atoms with Crippen molar-refractivity contribution in [2.45, 2.75) is 26.3 Å². The summed E-state index contributed by atoms with van der Waals surface area (Å²) in [6.45, 7) is 4.62. The average molecular weight is 373 g/mol. The zero-order valence-corrected chi connectivity index (χ0v) is 14.2. The van der Waals surface area contributed by atoms with E-state index in [4.69, 9.17) is 11.6 Å². The van der Waals surface area contributed by atoms with Gasteiger partial charge in [0.05, 0.1) is 16.8 Å². The Bertz CT molecular complexity index is 636. The number of aromatic nitrogens is 2. The van der Waals surface area contributed by atoms with E-state index in [1.165, 1.54) is 0 Å². The molecule has 0 saturated carbocycles. The first-order chi connectivity index (χ1) is 10.0. The summed E-state index contributed by atoms with van der Waals surface area (Å²) in [4.78, 5) is 8.49. The maximum Gasteiger partial charge on any atom is 0.148 e. The monoisotopic (exact) mass is 371 g/mol. The van der Waals surface area contributed by atoms with Gasteiger partial charge in [0.2, 0.25) is 0 Å². The van der Waals surface area contributed by atoms with Crippen molar-refractivity contribution >= 4 is 27.5 Å². The van der Waals surface area contributed by atoms with E-state index >= 15 is 0 Å². The third kappa shape index (κ3) is 3.78. The van der Waals surface area contributed by atoms with Crippen LogP contribution in [0.25, 0.3) is 0 Å². The molecule has 0 fully saturated rings. The fraction of sp³-hybridized carbons (Fsp3) is 0.333. The van der Waals surface area contributed by atoms with E-state index in [0.717, 1.165) is 18.7 Å². The molecule has 1 unspecified atom stereocenters. The molecule has 0 saturated heterocycles. The summed E-state index contributed by atoms with van der Waals surface area (Å²) in [5, 5.41) is 3.40. The van der Waals surface area contributed by atoms with Gasteiger partial charge in [0.25, 0.3) is 0 Å². The number of hydrogen-bond acceptors (Lipinski definition) is 3. The maximum absolute atomic E-state index is 14.5. The lowest BCUT2D eigenvalue weighted by Gasteiger charge is -2.20. The van der Waals surface area contributed by atoms with Crippen LogP contribution in [0.2, 0.25) is 5.02 Å². The molecule has 1 heterocycles. The fourth-order valence-corrected chi connectivity index (χ4v) is 2.54. The zero-order chi connectivity index (χ0) is 15.4. The molecule has 0 aliphatic carbocycles. The lowest BCUT2D eigenvalue weighted by molar-refractivity contribution is 0.537. The molecule has 112 valence electrons. The molecule has 21 heavy (non-hydrogen) atoms. The van der Waals surface area contributed by atoms with E-state index in [-0.39, 0.29) is 11.1 Å². The van der Waals surface area contributed by atoms with Crippen LogP contribution in [-0.2, 0) is 0 Å². The van der Waals surface area contributed by atoms with E-state index < -0.39 is 5.82 Å². The summed E-state index contributed by atoms with van der Waals surface area (Å²) in [6.07, 6.45) is 2.61. The smallest absolute Gasteiger partial charge is 0.148 e. The van der Waals surface area contributed by atoms with E-state index in [2.05, 4.69) is 38.1 Å². The molecule has 1 atom stereocenters. The summed E-state index contributed by atoms with van der Waals surface area (Å²) in [7, 11) is 0. The predicted octanol–water partition coefficient (Wildman–Crippen LogP) is 4.43. The van der Waals surface area contributed by atoms with Crippen molar-refractivity contribution in [2.75, 3.05) is 6.54 Å². The largest absolute Gasteiger partial charge is 0.305 e. The normalized spacial score (nSPS) is 12.4.